The fourth-order valence-electron chi connectivity index (χ4n) is 2.07. The van der Waals surface area contributed by atoms with E-state index in [-0.39, 0.29) is 5.91 Å². The highest BCUT2D eigenvalue weighted by Gasteiger charge is 2.05. The van der Waals surface area contributed by atoms with E-state index in [0.717, 1.165) is 12.2 Å². The summed E-state index contributed by atoms with van der Waals surface area (Å²) in [6.45, 7) is 4.73. The molecule has 1 unspecified atom stereocenters. The summed E-state index contributed by atoms with van der Waals surface area (Å²) in [5, 5.41) is 6.36. The predicted octanol–water partition coefficient (Wildman–Crippen LogP) is 3.83. The van der Waals surface area contributed by atoms with E-state index in [0.29, 0.717) is 6.04 Å². The third kappa shape index (κ3) is 6.96. The zero-order chi connectivity index (χ0) is 14.8. The Labute approximate surface area is 126 Å². The largest absolute Gasteiger partial charge is 0.326 e. The van der Waals surface area contributed by atoms with Gasteiger partial charge in [0.25, 0.3) is 0 Å². The van der Waals surface area contributed by atoms with Crippen LogP contribution in [-0.2, 0) is 4.79 Å². The van der Waals surface area contributed by atoms with Crippen molar-refractivity contribution in [1.82, 2.24) is 5.32 Å². The number of carbonyl (C=O) groups is 1. The second-order valence-electron chi connectivity index (χ2n) is 5.04. The number of benzene rings is 1. The fraction of sp³-hybridized carbons (Fsp3) is 0.562. The van der Waals surface area contributed by atoms with Gasteiger partial charge in [0.05, 0.1) is 0 Å². The summed E-state index contributed by atoms with van der Waals surface area (Å²) in [5.74, 6) is 1.23. The lowest BCUT2D eigenvalue weighted by molar-refractivity contribution is -0.114. The average Bonchev–Trinajstić information content (AvgIpc) is 2.42. The lowest BCUT2D eigenvalue weighted by atomic mass is 10.1. The molecular weight excluding hydrogens is 268 g/mol. The summed E-state index contributed by atoms with van der Waals surface area (Å²) in [6, 6.07) is 8.34. The topological polar surface area (TPSA) is 41.1 Å². The van der Waals surface area contributed by atoms with Crippen LogP contribution in [0.25, 0.3) is 0 Å². The van der Waals surface area contributed by atoms with Gasteiger partial charge in [-0.1, -0.05) is 18.6 Å². The van der Waals surface area contributed by atoms with E-state index in [1.54, 1.807) is 0 Å². The van der Waals surface area contributed by atoms with Crippen molar-refractivity contribution in [3.63, 3.8) is 0 Å². The molecule has 0 saturated carbocycles. The number of unbranched alkanes of at least 4 members (excludes halogenated alkanes) is 2. The zero-order valence-corrected chi connectivity index (χ0v) is 13.6. The van der Waals surface area contributed by atoms with Crippen LogP contribution >= 0.6 is 11.8 Å². The second-order valence-corrected chi connectivity index (χ2v) is 6.02. The molecule has 0 aliphatic heterocycles. The van der Waals surface area contributed by atoms with Crippen LogP contribution in [0.2, 0.25) is 0 Å². The number of nitrogens with one attached hydrogen (secondary N) is 2. The van der Waals surface area contributed by atoms with Crippen LogP contribution in [0.3, 0.4) is 0 Å². The summed E-state index contributed by atoms with van der Waals surface area (Å²) in [5.41, 5.74) is 2.07. The first kappa shape index (κ1) is 17.1. The monoisotopic (exact) mass is 294 g/mol. The first-order valence-electron chi connectivity index (χ1n) is 7.23. The molecule has 1 atom stereocenters. The second kappa shape index (κ2) is 9.83. The first-order valence-corrected chi connectivity index (χ1v) is 8.62. The Morgan fingerprint density at radius 2 is 2.10 bits per heavy atom. The maximum absolute atomic E-state index is 11.1. The maximum atomic E-state index is 11.1. The molecule has 20 heavy (non-hydrogen) atoms. The molecule has 0 heterocycles. The zero-order valence-electron chi connectivity index (χ0n) is 12.7. The minimum atomic E-state index is -0.0310. The minimum absolute atomic E-state index is 0.0310. The van der Waals surface area contributed by atoms with E-state index < -0.39 is 0 Å². The Balaban J connectivity index is 2.35. The lowest BCUT2D eigenvalue weighted by Crippen LogP contribution is -2.20. The minimum Gasteiger partial charge on any atom is -0.326 e. The summed E-state index contributed by atoms with van der Waals surface area (Å²) in [7, 11) is 0. The number of hydrogen-bond acceptors (Lipinski definition) is 3. The molecule has 0 aromatic heterocycles. The molecule has 0 fully saturated rings. The van der Waals surface area contributed by atoms with Gasteiger partial charge in [-0.25, -0.2) is 0 Å². The molecule has 0 aliphatic carbocycles. The van der Waals surface area contributed by atoms with Gasteiger partial charge in [0.15, 0.2) is 0 Å². The summed E-state index contributed by atoms with van der Waals surface area (Å²) in [6.07, 6.45) is 5.96. The Kier molecular flexibility index (Phi) is 8.38. The van der Waals surface area contributed by atoms with E-state index >= 15 is 0 Å². The highest BCUT2D eigenvalue weighted by atomic mass is 32.2. The molecular formula is C16H26N2OS. The highest BCUT2D eigenvalue weighted by molar-refractivity contribution is 7.98. The van der Waals surface area contributed by atoms with Crippen LogP contribution in [0.5, 0.6) is 0 Å². The standard InChI is InChI=1S/C16H26N2OS/c1-13(17-10-5-4-6-11-20-3)15-8-7-9-16(12-15)18-14(2)19/h7-9,12-13,17H,4-6,10-11H2,1-3H3,(H,18,19). The normalized spacial score (nSPS) is 12.2. The molecule has 0 saturated heterocycles. The van der Waals surface area contributed by atoms with Crippen molar-refractivity contribution in [3.8, 4) is 0 Å². The summed E-state index contributed by atoms with van der Waals surface area (Å²) >= 11 is 1.91. The number of hydrogen-bond donors (Lipinski definition) is 2. The average molecular weight is 294 g/mol. The molecule has 0 spiro atoms. The number of carbonyl (C=O) groups excluding carboxylic acids is 1. The smallest absolute Gasteiger partial charge is 0.221 e. The molecule has 3 nitrogen and oxygen atoms in total. The molecule has 1 rings (SSSR count). The molecule has 0 aliphatic rings. The van der Waals surface area contributed by atoms with Crippen LogP contribution in [0.15, 0.2) is 24.3 Å². The van der Waals surface area contributed by atoms with Gasteiger partial charge in [-0.3, -0.25) is 4.79 Å². The Bertz CT molecular complexity index is 409. The van der Waals surface area contributed by atoms with E-state index in [1.807, 2.05) is 30.0 Å². The van der Waals surface area contributed by atoms with E-state index in [4.69, 9.17) is 0 Å². The summed E-state index contributed by atoms with van der Waals surface area (Å²) in [4.78, 5) is 11.1. The van der Waals surface area contributed by atoms with Crippen LogP contribution in [0, 0.1) is 0 Å². The van der Waals surface area contributed by atoms with Crippen LogP contribution in [0.1, 0.15) is 44.7 Å². The van der Waals surface area contributed by atoms with Gasteiger partial charge in [-0.15, -0.1) is 0 Å². The lowest BCUT2D eigenvalue weighted by Gasteiger charge is -2.15. The van der Waals surface area contributed by atoms with Crippen molar-refractivity contribution < 1.29 is 4.79 Å². The molecule has 4 heteroatoms. The number of anilines is 1. The SMILES string of the molecule is CSCCCCCNC(C)c1cccc(NC(C)=O)c1. The molecule has 0 radical (unpaired) electrons. The van der Waals surface area contributed by atoms with E-state index in [2.05, 4.69) is 29.9 Å². The summed E-state index contributed by atoms with van der Waals surface area (Å²) < 4.78 is 0. The van der Waals surface area contributed by atoms with E-state index in [9.17, 15) is 4.79 Å². The molecule has 1 aromatic carbocycles. The van der Waals surface area contributed by atoms with Crippen molar-refractivity contribution in [2.75, 3.05) is 23.9 Å². The van der Waals surface area contributed by atoms with Gasteiger partial charge in [-0.2, -0.15) is 11.8 Å². The van der Waals surface area contributed by atoms with Crippen molar-refractivity contribution in [3.05, 3.63) is 29.8 Å². The molecule has 1 aromatic rings. The molecule has 1 amide bonds. The number of amides is 1. The van der Waals surface area contributed by atoms with Gasteiger partial charge in [0.2, 0.25) is 5.91 Å². The van der Waals surface area contributed by atoms with Gasteiger partial charge in [0, 0.05) is 18.7 Å². The first-order chi connectivity index (χ1) is 9.63. The van der Waals surface area contributed by atoms with Gasteiger partial charge in [-0.05, 0) is 56.0 Å². The Morgan fingerprint density at radius 3 is 2.80 bits per heavy atom. The highest BCUT2D eigenvalue weighted by Crippen LogP contribution is 2.17. The van der Waals surface area contributed by atoms with Gasteiger partial charge in [0.1, 0.15) is 0 Å². The third-order valence-electron chi connectivity index (χ3n) is 3.18. The van der Waals surface area contributed by atoms with Crippen molar-refractivity contribution in [1.29, 1.82) is 0 Å². The van der Waals surface area contributed by atoms with Crippen molar-refractivity contribution in [2.45, 2.75) is 39.2 Å². The predicted molar refractivity (Wildman–Crippen MR) is 89.4 cm³/mol. The van der Waals surface area contributed by atoms with Crippen molar-refractivity contribution in [2.24, 2.45) is 0 Å². The van der Waals surface area contributed by atoms with Gasteiger partial charge < -0.3 is 10.6 Å². The number of thioether (sulfide) groups is 1. The van der Waals surface area contributed by atoms with Crippen LogP contribution in [-0.4, -0.2) is 24.5 Å². The Morgan fingerprint density at radius 1 is 1.30 bits per heavy atom. The van der Waals surface area contributed by atoms with Gasteiger partial charge >= 0.3 is 0 Å². The fourth-order valence-corrected chi connectivity index (χ4v) is 2.57. The quantitative estimate of drug-likeness (QED) is 0.680. The van der Waals surface area contributed by atoms with Crippen LogP contribution in [0.4, 0.5) is 5.69 Å². The van der Waals surface area contributed by atoms with E-state index in [1.165, 1.54) is 37.5 Å². The molecule has 0 bridgehead atoms. The Hall–Kier alpha value is -1.00. The molecule has 112 valence electrons. The molecule has 2 N–H and O–H groups in total. The maximum Gasteiger partial charge on any atom is 0.221 e. The third-order valence-corrected chi connectivity index (χ3v) is 3.88. The van der Waals surface area contributed by atoms with Crippen LogP contribution < -0.4 is 10.6 Å². The van der Waals surface area contributed by atoms with Crippen molar-refractivity contribution >= 4 is 23.4 Å². The number of rotatable bonds is 9.